The van der Waals surface area contributed by atoms with E-state index in [1.54, 1.807) is 0 Å². The molecule has 0 aliphatic rings. The number of benzene rings is 1. The van der Waals surface area contributed by atoms with Crippen LogP contribution in [0.2, 0.25) is 0 Å². The van der Waals surface area contributed by atoms with Gasteiger partial charge in [-0.25, -0.2) is 0 Å². The summed E-state index contributed by atoms with van der Waals surface area (Å²) in [5.74, 6) is 0. The summed E-state index contributed by atoms with van der Waals surface area (Å²) in [7, 11) is 0. The first-order chi connectivity index (χ1) is 8.26. The summed E-state index contributed by atoms with van der Waals surface area (Å²) >= 11 is 0. The number of nitrogens with two attached hydrogens (primary N) is 1. The van der Waals surface area contributed by atoms with Gasteiger partial charge in [0.05, 0.1) is 11.2 Å². The van der Waals surface area contributed by atoms with Crippen molar-refractivity contribution in [2.24, 2.45) is 5.73 Å². The number of hydrogen-bond donors (Lipinski definition) is 1. The number of aromatic nitrogens is 2. The van der Waals surface area contributed by atoms with Crippen LogP contribution in [0.4, 0.5) is 0 Å². The van der Waals surface area contributed by atoms with Crippen LogP contribution in [0.25, 0.3) is 10.9 Å². The van der Waals surface area contributed by atoms with Crippen molar-refractivity contribution in [3.8, 4) is 0 Å². The molecule has 0 saturated carbocycles. The van der Waals surface area contributed by atoms with Gasteiger partial charge < -0.3 is 5.73 Å². The normalized spacial score (nSPS) is 13.1. The molecule has 0 amide bonds. The van der Waals surface area contributed by atoms with Gasteiger partial charge in [0, 0.05) is 24.4 Å². The van der Waals surface area contributed by atoms with E-state index in [0.29, 0.717) is 0 Å². The second-order valence-electron chi connectivity index (χ2n) is 4.53. The van der Waals surface area contributed by atoms with Crippen molar-refractivity contribution in [2.75, 3.05) is 0 Å². The lowest BCUT2D eigenvalue weighted by molar-refractivity contribution is 0.581. The van der Waals surface area contributed by atoms with Crippen molar-refractivity contribution in [1.82, 2.24) is 9.78 Å². The zero-order valence-electron chi connectivity index (χ0n) is 10.7. The molecular formula is C14H21N3. The molecule has 92 valence electrons. The highest BCUT2D eigenvalue weighted by Gasteiger charge is 2.11. The molecule has 0 aliphatic heterocycles. The minimum atomic E-state index is 0.226. The largest absolute Gasteiger partial charge is 0.327 e. The molecule has 1 heterocycles. The smallest absolute Gasteiger partial charge is 0.0718 e. The average molecular weight is 231 g/mol. The highest BCUT2D eigenvalue weighted by molar-refractivity contribution is 5.82. The third kappa shape index (κ3) is 2.50. The van der Waals surface area contributed by atoms with Gasteiger partial charge in [-0.2, -0.15) is 5.10 Å². The Hall–Kier alpha value is -1.35. The third-order valence-corrected chi connectivity index (χ3v) is 3.15. The molecule has 17 heavy (non-hydrogen) atoms. The number of aryl methyl sites for hydroxylation is 1. The molecule has 2 N–H and O–H groups in total. The number of para-hydroxylation sites is 1. The third-order valence-electron chi connectivity index (χ3n) is 3.15. The lowest BCUT2D eigenvalue weighted by atomic mass is 10.0. The van der Waals surface area contributed by atoms with Crippen LogP contribution in [-0.4, -0.2) is 15.8 Å². The topological polar surface area (TPSA) is 43.8 Å². The summed E-state index contributed by atoms with van der Waals surface area (Å²) in [5, 5.41) is 5.92. The van der Waals surface area contributed by atoms with E-state index < -0.39 is 0 Å². The maximum absolute atomic E-state index is 6.11. The SMILES string of the molecule is CCCC(N)Cc1nn(CC)c2ccccc12. The van der Waals surface area contributed by atoms with Gasteiger partial charge in [-0.15, -0.1) is 0 Å². The fourth-order valence-corrected chi connectivity index (χ4v) is 2.31. The number of rotatable bonds is 5. The van der Waals surface area contributed by atoms with Crippen molar-refractivity contribution in [1.29, 1.82) is 0 Å². The van der Waals surface area contributed by atoms with Crippen LogP contribution in [0, 0.1) is 0 Å². The fraction of sp³-hybridized carbons (Fsp3) is 0.500. The maximum Gasteiger partial charge on any atom is 0.0718 e. The minimum Gasteiger partial charge on any atom is -0.327 e. The van der Waals surface area contributed by atoms with E-state index in [2.05, 4.69) is 47.9 Å². The van der Waals surface area contributed by atoms with E-state index in [4.69, 9.17) is 5.73 Å². The van der Waals surface area contributed by atoms with E-state index >= 15 is 0 Å². The van der Waals surface area contributed by atoms with Crippen molar-refractivity contribution in [3.05, 3.63) is 30.0 Å². The summed E-state index contributed by atoms with van der Waals surface area (Å²) in [6.45, 7) is 5.20. The first-order valence-electron chi connectivity index (χ1n) is 6.46. The van der Waals surface area contributed by atoms with Crippen molar-refractivity contribution < 1.29 is 0 Å². The van der Waals surface area contributed by atoms with Gasteiger partial charge in [0.1, 0.15) is 0 Å². The lowest BCUT2D eigenvalue weighted by Gasteiger charge is -2.07. The van der Waals surface area contributed by atoms with Gasteiger partial charge >= 0.3 is 0 Å². The molecule has 3 nitrogen and oxygen atoms in total. The van der Waals surface area contributed by atoms with Gasteiger partial charge in [0.15, 0.2) is 0 Å². The van der Waals surface area contributed by atoms with Crippen LogP contribution in [-0.2, 0) is 13.0 Å². The Labute approximate surface area is 103 Å². The van der Waals surface area contributed by atoms with Crippen LogP contribution in [0.3, 0.4) is 0 Å². The molecule has 1 aromatic carbocycles. The molecule has 1 unspecified atom stereocenters. The monoisotopic (exact) mass is 231 g/mol. The predicted octanol–water partition coefficient (Wildman–Crippen LogP) is 2.73. The molecule has 2 aromatic rings. The summed E-state index contributed by atoms with van der Waals surface area (Å²) in [4.78, 5) is 0. The molecule has 0 bridgehead atoms. The van der Waals surface area contributed by atoms with E-state index in [0.717, 1.165) is 31.5 Å². The van der Waals surface area contributed by atoms with Crippen molar-refractivity contribution in [2.45, 2.75) is 45.7 Å². The first kappa shape index (κ1) is 12.1. The van der Waals surface area contributed by atoms with Gasteiger partial charge in [0.2, 0.25) is 0 Å². The Morgan fingerprint density at radius 1 is 1.29 bits per heavy atom. The number of hydrogen-bond acceptors (Lipinski definition) is 2. The van der Waals surface area contributed by atoms with Crippen LogP contribution in [0.1, 0.15) is 32.4 Å². The van der Waals surface area contributed by atoms with E-state index in [-0.39, 0.29) is 6.04 Å². The minimum absolute atomic E-state index is 0.226. The van der Waals surface area contributed by atoms with E-state index in [1.807, 2.05) is 0 Å². The molecule has 2 rings (SSSR count). The van der Waals surface area contributed by atoms with Crippen molar-refractivity contribution >= 4 is 10.9 Å². The number of nitrogens with zero attached hydrogens (tertiary/aromatic N) is 2. The van der Waals surface area contributed by atoms with E-state index in [9.17, 15) is 0 Å². The molecule has 0 spiro atoms. The summed E-state index contributed by atoms with van der Waals surface area (Å²) in [6.07, 6.45) is 3.07. The van der Waals surface area contributed by atoms with Crippen LogP contribution < -0.4 is 5.73 Å². The predicted molar refractivity (Wildman–Crippen MR) is 72.0 cm³/mol. The molecular weight excluding hydrogens is 210 g/mol. The Balaban J connectivity index is 2.33. The van der Waals surface area contributed by atoms with Crippen molar-refractivity contribution in [3.63, 3.8) is 0 Å². The fourth-order valence-electron chi connectivity index (χ4n) is 2.31. The second kappa shape index (κ2) is 5.32. The molecule has 1 atom stereocenters. The highest BCUT2D eigenvalue weighted by Crippen LogP contribution is 2.19. The Morgan fingerprint density at radius 3 is 2.76 bits per heavy atom. The van der Waals surface area contributed by atoms with Crippen LogP contribution in [0.5, 0.6) is 0 Å². The van der Waals surface area contributed by atoms with Crippen LogP contribution >= 0.6 is 0 Å². The Kier molecular flexibility index (Phi) is 3.79. The van der Waals surface area contributed by atoms with Gasteiger partial charge in [-0.3, -0.25) is 4.68 Å². The molecule has 0 radical (unpaired) electrons. The highest BCUT2D eigenvalue weighted by atomic mass is 15.3. The zero-order chi connectivity index (χ0) is 12.3. The molecule has 1 aromatic heterocycles. The summed E-state index contributed by atoms with van der Waals surface area (Å²) in [6, 6.07) is 8.62. The number of fused-ring (bicyclic) bond motifs is 1. The molecule has 0 fully saturated rings. The quantitative estimate of drug-likeness (QED) is 0.860. The second-order valence-corrected chi connectivity index (χ2v) is 4.53. The van der Waals surface area contributed by atoms with Gasteiger partial charge in [0.25, 0.3) is 0 Å². The molecule has 3 heteroatoms. The summed E-state index contributed by atoms with van der Waals surface area (Å²) in [5.41, 5.74) is 8.47. The Bertz CT molecular complexity index is 487. The van der Waals surface area contributed by atoms with Gasteiger partial charge in [-0.05, 0) is 19.4 Å². The molecule has 0 saturated heterocycles. The summed E-state index contributed by atoms with van der Waals surface area (Å²) < 4.78 is 2.06. The Morgan fingerprint density at radius 2 is 2.06 bits per heavy atom. The first-order valence-corrected chi connectivity index (χ1v) is 6.46. The maximum atomic E-state index is 6.11. The zero-order valence-corrected chi connectivity index (χ0v) is 10.7. The lowest BCUT2D eigenvalue weighted by Crippen LogP contribution is -2.22. The van der Waals surface area contributed by atoms with E-state index in [1.165, 1.54) is 10.9 Å². The van der Waals surface area contributed by atoms with Gasteiger partial charge in [-0.1, -0.05) is 31.5 Å². The van der Waals surface area contributed by atoms with Crippen LogP contribution in [0.15, 0.2) is 24.3 Å². The molecule has 0 aliphatic carbocycles. The average Bonchev–Trinajstić information content (AvgIpc) is 2.68. The standard InChI is InChI=1S/C14H21N3/c1-3-7-11(15)10-13-12-8-5-6-9-14(12)17(4-2)16-13/h5-6,8-9,11H,3-4,7,10,15H2,1-2H3.